The molecule has 0 amide bonds. The van der Waals surface area contributed by atoms with Crippen LogP contribution in [0.15, 0.2) is 54.6 Å². The Labute approximate surface area is 113 Å². The van der Waals surface area contributed by atoms with Gasteiger partial charge in [0.25, 0.3) is 0 Å². The topological polar surface area (TPSA) is 35.2 Å². The highest BCUT2D eigenvalue weighted by Crippen LogP contribution is 2.06. The molecule has 0 saturated heterocycles. The van der Waals surface area contributed by atoms with Crippen molar-refractivity contribution in [1.29, 1.82) is 0 Å². The van der Waals surface area contributed by atoms with Crippen LogP contribution < -0.4 is 5.73 Å². The monoisotopic (exact) mass is 259 g/mol. The average molecular weight is 259 g/mol. The van der Waals surface area contributed by atoms with E-state index in [2.05, 4.69) is 0 Å². The molecule has 0 unspecified atom stereocenters. The van der Waals surface area contributed by atoms with E-state index in [1.807, 2.05) is 36.4 Å². The van der Waals surface area contributed by atoms with Crippen molar-refractivity contribution < 1.29 is 9.13 Å². The fourth-order valence-corrected chi connectivity index (χ4v) is 1.93. The van der Waals surface area contributed by atoms with E-state index in [9.17, 15) is 4.39 Å². The van der Waals surface area contributed by atoms with Crippen LogP contribution in [0.4, 0.5) is 4.39 Å². The van der Waals surface area contributed by atoms with Crippen molar-refractivity contribution in [2.45, 2.75) is 19.1 Å². The van der Waals surface area contributed by atoms with E-state index >= 15 is 0 Å². The van der Waals surface area contributed by atoms with Gasteiger partial charge < -0.3 is 10.5 Å². The lowest BCUT2D eigenvalue weighted by molar-refractivity contribution is 0.107. The summed E-state index contributed by atoms with van der Waals surface area (Å²) in [5.41, 5.74) is 8.03. The molecule has 2 aromatic carbocycles. The Bertz CT molecular complexity index is 501. The first-order valence-corrected chi connectivity index (χ1v) is 6.36. The zero-order valence-electron chi connectivity index (χ0n) is 10.8. The molecule has 0 aliphatic heterocycles. The Balaban J connectivity index is 1.73. The van der Waals surface area contributed by atoms with Crippen LogP contribution in [-0.2, 0) is 17.8 Å². The number of halogens is 1. The van der Waals surface area contributed by atoms with E-state index < -0.39 is 0 Å². The van der Waals surface area contributed by atoms with Gasteiger partial charge in [0, 0.05) is 6.04 Å². The second-order valence-electron chi connectivity index (χ2n) is 4.59. The third-order valence-electron chi connectivity index (χ3n) is 2.83. The van der Waals surface area contributed by atoms with Gasteiger partial charge in [-0.05, 0) is 29.7 Å². The van der Waals surface area contributed by atoms with Crippen LogP contribution in [0.5, 0.6) is 0 Å². The van der Waals surface area contributed by atoms with E-state index in [-0.39, 0.29) is 11.9 Å². The molecule has 2 N–H and O–H groups in total. The summed E-state index contributed by atoms with van der Waals surface area (Å²) in [5, 5.41) is 0. The molecule has 0 aliphatic rings. The first kappa shape index (κ1) is 13.7. The summed E-state index contributed by atoms with van der Waals surface area (Å²) < 4.78 is 18.5. The molecule has 2 rings (SSSR count). The SMILES string of the molecule is N[C@H](COCc1cccc(F)c1)Cc1ccccc1. The summed E-state index contributed by atoms with van der Waals surface area (Å²) >= 11 is 0. The average Bonchev–Trinajstić information content (AvgIpc) is 2.40. The van der Waals surface area contributed by atoms with Crippen molar-refractivity contribution in [2.75, 3.05) is 6.61 Å². The molecule has 2 nitrogen and oxygen atoms in total. The predicted molar refractivity (Wildman–Crippen MR) is 74.2 cm³/mol. The maximum Gasteiger partial charge on any atom is 0.123 e. The minimum absolute atomic E-state index is 0.0454. The summed E-state index contributed by atoms with van der Waals surface area (Å²) in [4.78, 5) is 0. The fourth-order valence-electron chi connectivity index (χ4n) is 1.93. The molecule has 0 heterocycles. The van der Waals surface area contributed by atoms with Crippen LogP contribution in [0.3, 0.4) is 0 Å². The minimum atomic E-state index is -0.241. The van der Waals surface area contributed by atoms with E-state index in [1.54, 1.807) is 6.07 Å². The Morgan fingerprint density at radius 3 is 2.47 bits per heavy atom. The lowest BCUT2D eigenvalue weighted by Gasteiger charge is -2.12. The molecule has 2 aromatic rings. The zero-order chi connectivity index (χ0) is 13.5. The van der Waals surface area contributed by atoms with E-state index in [0.717, 1.165) is 12.0 Å². The smallest absolute Gasteiger partial charge is 0.123 e. The zero-order valence-corrected chi connectivity index (χ0v) is 10.8. The van der Waals surface area contributed by atoms with Crippen molar-refractivity contribution in [3.8, 4) is 0 Å². The standard InChI is InChI=1S/C16H18FNO/c17-15-8-4-7-14(9-15)11-19-12-16(18)10-13-5-2-1-3-6-13/h1-9,16H,10-12,18H2/t16-/m0/s1. The highest BCUT2D eigenvalue weighted by atomic mass is 19.1. The highest BCUT2D eigenvalue weighted by Gasteiger charge is 2.04. The van der Waals surface area contributed by atoms with Gasteiger partial charge in [0.2, 0.25) is 0 Å². The maximum absolute atomic E-state index is 13.0. The predicted octanol–water partition coefficient (Wildman–Crippen LogP) is 2.91. The van der Waals surface area contributed by atoms with Gasteiger partial charge in [-0.1, -0.05) is 42.5 Å². The Morgan fingerprint density at radius 2 is 1.74 bits per heavy atom. The van der Waals surface area contributed by atoms with Crippen molar-refractivity contribution in [3.05, 3.63) is 71.5 Å². The first-order valence-electron chi connectivity index (χ1n) is 6.36. The molecular formula is C16H18FNO. The minimum Gasteiger partial charge on any atom is -0.375 e. The Kier molecular flexibility index (Phi) is 5.07. The largest absolute Gasteiger partial charge is 0.375 e. The number of ether oxygens (including phenoxy) is 1. The van der Waals surface area contributed by atoms with Gasteiger partial charge >= 0.3 is 0 Å². The molecule has 3 heteroatoms. The molecule has 0 bridgehead atoms. The van der Waals surface area contributed by atoms with Gasteiger partial charge in [0.15, 0.2) is 0 Å². The summed E-state index contributed by atoms with van der Waals surface area (Å²) in [6.45, 7) is 0.853. The molecule has 0 spiro atoms. The summed E-state index contributed by atoms with van der Waals surface area (Å²) in [5.74, 6) is -0.241. The molecule has 1 atom stereocenters. The summed E-state index contributed by atoms with van der Waals surface area (Å²) in [6.07, 6.45) is 0.782. The van der Waals surface area contributed by atoms with Gasteiger partial charge in [-0.15, -0.1) is 0 Å². The number of nitrogens with two attached hydrogens (primary N) is 1. The summed E-state index contributed by atoms with van der Waals surface area (Å²) in [7, 11) is 0. The van der Waals surface area contributed by atoms with Gasteiger partial charge in [-0.25, -0.2) is 4.39 Å². The number of hydrogen-bond acceptors (Lipinski definition) is 2. The van der Waals surface area contributed by atoms with Gasteiger partial charge in [0.1, 0.15) is 5.82 Å². The Hall–Kier alpha value is -1.71. The number of rotatable bonds is 6. The summed E-state index contributed by atoms with van der Waals surface area (Å²) in [6, 6.07) is 16.4. The quantitative estimate of drug-likeness (QED) is 0.865. The number of benzene rings is 2. The lowest BCUT2D eigenvalue weighted by atomic mass is 10.1. The normalized spacial score (nSPS) is 12.3. The van der Waals surface area contributed by atoms with Gasteiger partial charge in [0.05, 0.1) is 13.2 Å². The third kappa shape index (κ3) is 4.81. The molecular weight excluding hydrogens is 241 g/mol. The third-order valence-corrected chi connectivity index (χ3v) is 2.83. The molecule has 100 valence electrons. The maximum atomic E-state index is 13.0. The van der Waals surface area contributed by atoms with Crippen molar-refractivity contribution in [3.63, 3.8) is 0 Å². The molecule has 19 heavy (non-hydrogen) atoms. The van der Waals surface area contributed by atoms with Crippen molar-refractivity contribution in [2.24, 2.45) is 5.73 Å². The van der Waals surface area contributed by atoms with Crippen LogP contribution in [0.2, 0.25) is 0 Å². The van der Waals surface area contributed by atoms with Crippen LogP contribution >= 0.6 is 0 Å². The van der Waals surface area contributed by atoms with E-state index in [4.69, 9.17) is 10.5 Å². The molecule has 0 radical (unpaired) electrons. The highest BCUT2D eigenvalue weighted by molar-refractivity contribution is 5.16. The van der Waals surface area contributed by atoms with Crippen LogP contribution in [0.25, 0.3) is 0 Å². The van der Waals surface area contributed by atoms with Crippen LogP contribution in [0, 0.1) is 5.82 Å². The van der Waals surface area contributed by atoms with Crippen molar-refractivity contribution >= 4 is 0 Å². The van der Waals surface area contributed by atoms with E-state index in [1.165, 1.54) is 17.7 Å². The molecule has 0 aromatic heterocycles. The Morgan fingerprint density at radius 1 is 1.00 bits per heavy atom. The van der Waals surface area contributed by atoms with E-state index in [0.29, 0.717) is 13.2 Å². The second-order valence-corrected chi connectivity index (χ2v) is 4.59. The number of hydrogen-bond donors (Lipinski definition) is 1. The van der Waals surface area contributed by atoms with Gasteiger partial charge in [-0.2, -0.15) is 0 Å². The molecule has 0 saturated carbocycles. The fraction of sp³-hybridized carbons (Fsp3) is 0.250. The molecule has 0 aliphatic carbocycles. The van der Waals surface area contributed by atoms with Crippen LogP contribution in [0.1, 0.15) is 11.1 Å². The van der Waals surface area contributed by atoms with Gasteiger partial charge in [-0.3, -0.25) is 0 Å². The first-order chi connectivity index (χ1) is 9.24. The van der Waals surface area contributed by atoms with Crippen LogP contribution in [-0.4, -0.2) is 12.6 Å². The second kappa shape index (κ2) is 7.02. The van der Waals surface area contributed by atoms with Crippen molar-refractivity contribution in [1.82, 2.24) is 0 Å². The lowest BCUT2D eigenvalue weighted by Crippen LogP contribution is -2.28. The molecule has 0 fully saturated rings.